The Bertz CT molecular complexity index is 1050. The first-order chi connectivity index (χ1) is 12.6. The third kappa shape index (κ3) is 2.22. The molecule has 2 amide bonds. The van der Waals surface area contributed by atoms with E-state index in [-0.39, 0.29) is 17.9 Å². The number of para-hydroxylation sites is 1. The molecule has 4 heterocycles. The van der Waals surface area contributed by atoms with Crippen molar-refractivity contribution in [2.45, 2.75) is 18.5 Å². The lowest BCUT2D eigenvalue weighted by molar-refractivity contribution is -0.124. The fourth-order valence-corrected chi connectivity index (χ4v) is 4.02. The number of amides is 2. The number of likely N-dealkylation sites (tertiary alicyclic amines) is 1. The van der Waals surface area contributed by atoms with Crippen LogP contribution in [0.5, 0.6) is 0 Å². The van der Waals surface area contributed by atoms with Crippen LogP contribution in [0.3, 0.4) is 0 Å². The largest absolute Gasteiger partial charge is 0.463 e. The van der Waals surface area contributed by atoms with Gasteiger partial charge in [0.05, 0.1) is 22.4 Å². The second-order valence-corrected chi connectivity index (χ2v) is 6.99. The number of nitrogens with one attached hydrogen (secondary N) is 1. The average Bonchev–Trinajstić information content (AvgIpc) is 3.37. The summed E-state index contributed by atoms with van der Waals surface area (Å²) in [5, 5.41) is 4.02. The molecule has 1 N–H and O–H groups in total. The Hall–Kier alpha value is -2.86. The monoisotopic (exact) mass is 367 g/mol. The highest BCUT2D eigenvalue weighted by Gasteiger charge is 2.46. The van der Waals surface area contributed by atoms with Crippen molar-refractivity contribution in [3.63, 3.8) is 0 Å². The zero-order valence-corrected chi connectivity index (χ0v) is 14.4. The van der Waals surface area contributed by atoms with Gasteiger partial charge in [-0.25, -0.2) is 4.98 Å². The standard InChI is InChI=1S/C19H14ClN3O3/c20-13-4-1-3-11-12(8-14(22-17(11)13)16-5-2-6-26-16)19(25)23-9-10-7-15(23)18(24)21-10/h1-6,8,10,15H,7,9H2,(H,21,24)/t10-,15-/m0/s1. The van der Waals surface area contributed by atoms with Crippen LogP contribution in [0.15, 0.2) is 47.1 Å². The van der Waals surface area contributed by atoms with E-state index in [9.17, 15) is 9.59 Å². The van der Waals surface area contributed by atoms with E-state index < -0.39 is 6.04 Å². The summed E-state index contributed by atoms with van der Waals surface area (Å²) in [4.78, 5) is 31.5. The van der Waals surface area contributed by atoms with E-state index in [1.54, 1.807) is 41.5 Å². The van der Waals surface area contributed by atoms with Crippen molar-refractivity contribution in [2.75, 3.05) is 6.54 Å². The number of rotatable bonds is 2. The quantitative estimate of drug-likeness (QED) is 0.755. The molecule has 0 saturated carbocycles. The molecule has 5 rings (SSSR count). The molecule has 2 saturated heterocycles. The molecular formula is C19H14ClN3O3. The van der Waals surface area contributed by atoms with Crippen LogP contribution in [0.1, 0.15) is 16.8 Å². The Morgan fingerprint density at radius 1 is 1.31 bits per heavy atom. The highest BCUT2D eigenvalue weighted by Crippen LogP contribution is 2.32. The topological polar surface area (TPSA) is 75.4 Å². The second-order valence-electron chi connectivity index (χ2n) is 6.58. The van der Waals surface area contributed by atoms with Crippen LogP contribution in [0.25, 0.3) is 22.4 Å². The predicted molar refractivity (Wildman–Crippen MR) is 95.8 cm³/mol. The molecule has 7 heteroatoms. The molecule has 0 radical (unpaired) electrons. The predicted octanol–water partition coefficient (Wildman–Crippen LogP) is 2.86. The van der Waals surface area contributed by atoms with E-state index in [1.165, 1.54) is 0 Å². The van der Waals surface area contributed by atoms with Crippen molar-refractivity contribution < 1.29 is 14.0 Å². The summed E-state index contributed by atoms with van der Waals surface area (Å²) in [5.41, 5.74) is 1.55. The molecule has 2 bridgehead atoms. The molecule has 1 aromatic carbocycles. The smallest absolute Gasteiger partial charge is 0.255 e. The van der Waals surface area contributed by atoms with Crippen molar-refractivity contribution in [3.05, 3.63) is 53.2 Å². The molecule has 130 valence electrons. The van der Waals surface area contributed by atoms with Gasteiger partial charge in [-0.05, 0) is 30.7 Å². The van der Waals surface area contributed by atoms with Crippen LogP contribution in [-0.4, -0.2) is 40.3 Å². The summed E-state index contributed by atoms with van der Waals surface area (Å²) < 4.78 is 5.44. The minimum Gasteiger partial charge on any atom is -0.463 e. The first kappa shape index (κ1) is 15.4. The summed E-state index contributed by atoms with van der Waals surface area (Å²) in [7, 11) is 0. The molecule has 2 aliphatic rings. The Morgan fingerprint density at radius 3 is 2.92 bits per heavy atom. The molecule has 2 aromatic heterocycles. The zero-order valence-electron chi connectivity index (χ0n) is 13.6. The van der Waals surface area contributed by atoms with E-state index in [1.807, 2.05) is 6.07 Å². The number of carbonyl (C=O) groups excluding carboxylic acids is 2. The normalized spacial score (nSPS) is 21.4. The van der Waals surface area contributed by atoms with E-state index in [0.717, 1.165) is 0 Å². The maximum atomic E-state index is 13.3. The Balaban J connectivity index is 1.68. The van der Waals surface area contributed by atoms with E-state index in [0.29, 0.717) is 45.9 Å². The van der Waals surface area contributed by atoms with Gasteiger partial charge in [-0.2, -0.15) is 0 Å². The summed E-state index contributed by atoms with van der Waals surface area (Å²) in [6.07, 6.45) is 2.22. The van der Waals surface area contributed by atoms with Gasteiger partial charge in [0, 0.05) is 18.0 Å². The van der Waals surface area contributed by atoms with Gasteiger partial charge in [-0.1, -0.05) is 23.7 Å². The van der Waals surface area contributed by atoms with Gasteiger partial charge < -0.3 is 14.6 Å². The van der Waals surface area contributed by atoms with Crippen LogP contribution in [0.2, 0.25) is 5.02 Å². The number of nitrogens with zero attached hydrogens (tertiary/aromatic N) is 2. The maximum absolute atomic E-state index is 13.3. The van der Waals surface area contributed by atoms with Crippen LogP contribution < -0.4 is 5.32 Å². The van der Waals surface area contributed by atoms with Crippen LogP contribution >= 0.6 is 11.6 Å². The lowest BCUT2D eigenvalue weighted by Gasteiger charge is -2.27. The fourth-order valence-electron chi connectivity index (χ4n) is 3.81. The lowest BCUT2D eigenvalue weighted by atomic mass is 10.0. The average molecular weight is 368 g/mol. The number of hydrogen-bond donors (Lipinski definition) is 1. The molecule has 26 heavy (non-hydrogen) atoms. The molecule has 2 aliphatic heterocycles. The molecule has 3 aromatic rings. The van der Waals surface area contributed by atoms with Gasteiger partial charge in [-0.15, -0.1) is 0 Å². The maximum Gasteiger partial charge on any atom is 0.255 e. The molecule has 0 aliphatic carbocycles. The van der Waals surface area contributed by atoms with Crippen molar-refractivity contribution in [2.24, 2.45) is 0 Å². The number of fused-ring (bicyclic) bond motifs is 3. The highest BCUT2D eigenvalue weighted by molar-refractivity contribution is 6.35. The Labute approximate surface area is 153 Å². The Kier molecular flexibility index (Phi) is 3.30. The number of hydrogen-bond acceptors (Lipinski definition) is 4. The molecule has 0 unspecified atom stereocenters. The minimum absolute atomic E-state index is 0.0395. The van der Waals surface area contributed by atoms with Gasteiger partial charge in [0.2, 0.25) is 5.91 Å². The SMILES string of the molecule is O=C1N[C@H]2C[C@@H]1N(C(=O)c1cc(-c3ccco3)nc3c(Cl)cccc13)C2. The van der Waals surface area contributed by atoms with Crippen molar-refractivity contribution in [3.8, 4) is 11.5 Å². The number of furan rings is 1. The summed E-state index contributed by atoms with van der Waals surface area (Å²) in [6.45, 7) is 0.524. The number of pyridine rings is 1. The zero-order chi connectivity index (χ0) is 17.8. The third-order valence-corrected chi connectivity index (χ3v) is 5.31. The molecular weight excluding hydrogens is 354 g/mol. The molecule has 6 nitrogen and oxygen atoms in total. The van der Waals surface area contributed by atoms with Gasteiger partial charge in [0.25, 0.3) is 5.91 Å². The van der Waals surface area contributed by atoms with E-state index in [4.69, 9.17) is 16.0 Å². The van der Waals surface area contributed by atoms with Crippen molar-refractivity contribution >= 4 is 34.3 Å². The molecule has 0 spiro atoms. The first-order valence-electron chi connectivity index (χ1n) is 8.36. The summed E-state index contributed by atoms with van der Waals surface area (Å²) in [6, 6.07) is 10.2. The number of halogens is 1. The van der Waals surface area contributed by atoms with Crippen molar-refractivity contribution in [1.82, 2.24) is 15.2 Å². The van der Waals surface area contributed by atoms with Gasteiger partial charge in [0.15, 0.2) is 5.76 Å². The highest BCUT2D eigenvalue weighted by atomic mass is 35.5. The third-order valence-electron chi connectivity index (χ3n) is 5.01. The second kappa shape index (κ2) is 5.57. The van der Waals surface area contributed by atoms with E-state index >= 15 is 0 Å². The molecule has 2 atom stereocenters. The number of carbonyl (C=O) groups is 2. The molecule has 2 fully saturated rings. The van der Waals surface area contributed by atoms with Crippen LogP contribution in [-0.2, 0) is 4.79 Å². The number of benzene rings is 1. The van der Waals surface area contributed by atoms with Crippen LogP contribution in [0, 0.1) is 0 Å². The number of aromatic nitrogens is 1. The Morgan fingerprint density at radius 2 is 2.19 bits per heavy atom. The van der Waals surface area contributed by atoms with Gasteiger partial charge in [0.1, 0.15) is 11.7 Å². The van der Waals surface area contributed by atoms with Gasteiger partial charge >= 0.3 is 0 Å². The first-order valence-corrected chi connectivity index (χ1v) is 8.74. The van der Waals surface area contributed by atoms with Crippen molar-refractivity contribution in [1.29, 1.82) is 0 Å². The summed E-state index contributed by atoms with van der Waals surface area (Å²) in [5.74, 6) is 0.286. The summed E-state index contributed by atoms with van der Waals surface area (Å²) >= 11 is 6.33. The lowest BCUT2D eigenvalue weighted by Crippen LogP contribution is -2.50. The minimum atomic E-state index is -0.401. The van der Waals surface area contributed by atoms with Gasteiger partial charge in [-0.3, -0.25) is 9.59 Å². The number of piperazine rings is 1. The van der Waals surface area contributed by atoms with E-state index in [2.05, 4.69) is 10.3 Å². The fraction of sp³-hybridized carbons (Fsp3) is 0.211. The van der Waals surface area contributed by atoms with Crippen LogP contribution in [0.4, 0.5) is 0 Å².